The van der Waals surface area contributed by atoms with Crippen molar-refractivity contribution in [2.24, 2.45) is 0 Å². The molecule has 5 heteroatoms. The van der Waals surface area contributed by atoms with E-state index in [0.29, 0.717) is 12.5 Å². The van der Waals surface area contributed by atoms with Crippen molar-refractivity contribution in [3.05, 3.63) is 83.8 Å². The van der Waals surface area contributed by atoms with E-state index in [4.69, 9.17) is 0 Å². The first kappa shape index (κ1) is 19.2. The van der Waals surface area contributed by atoms with E-state index in [0.717, 1.165) is 25.9 Å². The number of benzene rings is 1. The molecule has 2 atom stereocenters. The molecule has 0 unspecified atom stereocenters. The van der Waals surface area contributed by atoms with Gasteiger partial charge in [0.15, 0.2) is 0 Å². The minimum Gasteiger partial charge on any atom is -0.348 e. The molecule has 1 aromatic carbocycles. The van der Waals surface area contributed by atoms with E-state index in [1.807, 2.05) is 15.9 Å². The highest BCUT2D eigenvalue weighted by Crippen LogP contribution is 2.28. The first-order chi connectivity index (χ1) is 13.2. The number of nitrogens with zero attached hydrogens (tertiary/aromatic N) is 2. The summed E-state index contributed by atoms with van der Waals surface area (Å²) in [5, 5.41) is 7.29. The first-order valence-corrected chi connectivity index (χ1v) is 10.3. The molecule has 1 N–H and O–H groups in total. The molecular formula is C22H27N3OS. The fraction of sp³-hybridized carbons (Fsp3) is 0.318. The van der Waals surface area contributed by atoms with E-state index >= 15 is 0 Å². The number of amides is 2. The van der Waals surface area contributed by atoms with Crippen LogP contribution in [0.25, 0.3) is 0 Å². The fourth-order valence-electron chi connectivity index (χ4n) is 3.65. The van der Waals surface area contributed by atoms with E-state index in [1.54, 1.807) is 23.7 Å². The van der Waals surface area contributed by atoms with Crippen LogP contribution < -0.4 is 5.32 Å². The van der Waals surface area contributed by atoms with Crippen LogP contribution in [0.3, 0.4) is 0 Å². The number of urea groups is 1. The molecule has 3 rings (SSSR count). The second-order valence-corrected chi connectivity index (χ2v) is 7.53. The lowest BCUT2D eigenvalue weighted by Gasteiger charge is -2.27. The molecule has 4 nitrogen and oxygen atoms in total. The molecule has 2 heterocycles. The topological polar surface area (TPSA) is 35.6 Å². The van der Waals surface area contributed by atoms with E-state index < -0.39 is 0 Å². The lowest BCUT2D eigenvalue weighted by molar-refractivity contribution is 0.207. The van der Waals surface area contributed by atoms with Crippen molar-refractivity contribution in [2.45, 2.75) is 24.8 Å². The van der Waals surface area contributed by atoms with E-state index in [-0.39, 0.29) is 12.1 Å². The van der Waals surface area contributed by atoms with E-state index in [9.17, 15) is 4.79 Å². The number of carbonyl (C=O) groups is 1. The van der Waals surface area contributed by atoms with Gasteiger partial charge in [-0.1, -0.05) is 43.5 Å². The Balaban J connectivity index is 1.51. The maximum atomic E-state index is 12.6. The van der Waals surface area contributed by atoms with Crippen LogP contribution in [0.4, 0.5) is 4.79 Å². The predicted molar refractivity (Wildman–Crippen MR) is 113 cm³/mol. The standard InChI is InChI=1S/C22H27N3OS/c1-3-24(4-2)21(20-12-15-27-17-20)10-13-23-22(26)25-14-11-19(16-25)18-8-6-5-7-9-18/h3-9,12,15,17,19,21H,1-2,10-11,13-14,16H2,(H,23,26)/t19-,21+/m0/s1. The second kappa shape index (κ2) is 9.42. The average Bonchev–Trinajstić information content (AvgIpc) is 3.40. The quantitative estimate of drug-likeness (QED) is 0.701. The smallest absolute Gasteiger partial charge is 0.317 e. The highest BCUT2D eigenvalue weighted by Gasteiger charge is 2.27. The second-order valence-electron chi connectivity index (χ2n) is 6.75. The number of likely N-dealkylation sites (tertiary alicyclic amines) is 1. The predicted octanol–water partition coefficient (Wildman–Crippen LogP) is 4.97. The Hall–Kier alpha value is -2.53. The summed E-state index contributed by atoms with van der Waals surface area (Å²) in [6, 6.07) is 12.7. The van der Waals surface area contributed by atoms with Gasteiger partial charge in [-0.3, -0.25) is 0 Å². The Kier molecular flexibility index (Phi) is 6.71. The molecule has 0 saturated carbocycles. The van der Waals surface area contributed by atoms with E-state index in [2.05, 4.69) is 59.6 Å². The van der Waals surface area contributed by atoms with Crippen LogP contribution in [0, 0.1) is 0 Å². The van der Waals surface area contributed by atoms with Crippen LogP contribution in [0.5, 0.6) is 0 Å². The normalized spacial score (nSPS) is 17.3. The minimum atomic E-state index is 0.0289. The van der Waals surface area contributed by atoms with Gasteiger partial charge in [0.05, 0.1) is 6.04 Å². The lowest BCUT2D eigenvalue weighted by Crippen LogP contribution is -2.39. The molecule has 1 fully saturated rings. The molecule has 1 aliphatic rings. The van der Waals surface area contributed by atoms with Crippen LogP contribution in [-0.4, -0.2) is 35.5 Å². The van der Waals surface area contributed by atoms with Crippen molar-refractivity contribution in [3.8, 4) is 0 Å². The third-order valence-electron chi connectivity index (χ3n) is 5.15. The molecule has 27 heavy (non-hydrogen) atoms. The summed E-state index contributed by atoms with van der Waals surface area (Å²) in [5.74, 6) is 0.438. The van der Waals surface area contributed by atoms with Crippen molar-refractivity contribution in [1.29, 1.82) is 0 Å². The molecule has 1 saturated heterocycles. The molecule has 142 valence electrons. The van der Waals surface area contributed by atoms with Crippen LogP contribution >= 0.6 is 11.3 Å². The average molecular weight is 382 g/mol. The van der Waals surface area contributed by atoms with Gasteiger partial charge in [0.25, 0.3) is 0 Å². The molecule has 1 aliphatic heterocycles. The molecule has 0 spiro atoms. The Morgan fingerprint density at radius 3 is 2.74 bits per heavy atom. The zero-order valence-electron chi connectivity index (χ0n) is 15.6. The van der Waals surface area contributed by atoms with Gasteiger partial charge in [0.1, 0.15) is 0 Å². The van der Waals surface area contributed by atoms with E-state index in [1.165, 1.54) is 11.1 Å². The Morgan fingerprint density at radius 2 is 2.07 bits per heavy atom. The summed E-state index contributed by atoms with van der Waals surface area (Å²) in [5.41, 5.74) is 2.54. The molecule has 0 bridgehead atoms. The monoisotopic (exact) mass is 381 g/mol. The SMILES string of the molecule is C=CN(C=C)[C@H](CCNC(=O)N1CC[C@H](c2ccccc2)C1)c1ccsc1. The van der Waals surface area contributed by atoms with Gasteiger partial charge in [0, 0.05) is 25.6 Å². The van der Waals surface area contributed by atoms with Crippen molar-refractivity contribution in [1.82, 2.24) is 15.1 Å². The molecular weight excluding hydrogens is 354 g/mol. The van der Waals surface area contributed by atoms with Gasteiger partial charge < -0.3 is 15.1 Å². The zero-order valence-corrected chi connectivity index (χ0v) is 16.4. The number of nitrogens with one attached hydrogen (secondary N) is 1. The van der Waals surface area contributed by atoms with Crippen molar-refractivity contribution in [3.63, 3.8) is 0 Å². The van der Waals surface area contributed by atoms with Crippen LogP contribution in [0.1, 0.15) is 35.9 Å². The van der Waals surface area contributed by atoms with Crippen molar-refractivity contribution >= 4 is 17.4 Å². The van der Waals surface area contributed by atoms with Gasteiger partial charge in [-0.05, 0) is 53.2 Å². The van der Waals surface area contributed by atoms with Gasteiger partial charge in [-0.2, -0.15) is 11.3 Å². The third kappa shape index (κ3) is 4.80. The number of rotatable bonds is 8. The highest BCUT2D eigenvalue weighted by molar-refractivity contribution is 7.07. The molecule has 1 aromatic heterocycles. The molecule has 0 aliphatic carbocycles. The first-order valence-electron chi connectivity index (χ1n) is 9.35. The number of thiophene rings is 1. The summed E-state index contributed by atoms with van der Waals surface area (Å²) in [6.45, 7) is 9.95. The molecule has 0 radical (unpaired) electrons. The number of hydrogen-bond donors (Lipinski definition) is 1. The van der Waals surface area contributed by atoms with Gasteiger partial charge >= 0.3 is 6.03 Å². The highest BCUT2D eigenvalue weighted by atomic mass is 32.1. The Bertz CT molecular complexity index is 736. The summed E-state index contributed by atoms with van der Waals surface area (Å²) in [6.07, 6.45) is 5.39. The van der Waals surface area contributed by atoms with Crippen LogP contribution in [0.2, 0.25) is 0 Å². The minimum absolute atomic E-state index is 0.0289. The summed E-state index contributed by atoms with van der Waals surface area (Å²) >= 11 is 1.67. The number of hydrogen-bond acceptors (Lipinski definition) is 3. The largest absolute Gasteiger partial charge is 0.348 e. The van der Waals surface area contributed by atoms with Crippen LogP contribution in [-0.2, 0) is 0 Å². The Labute approximate surface area is 165 Å². The summed E-state index contributed by atoms with van der Waals surface area (Å²) in [7, 11) is 0. The Morgan fingerprint density at radius 1 is 1.30 bits per heavy atom. The van der Waals surface area contributed by atoms with Crippen molar-refractivity contribution < 1.29 is 4.79 Å². The lowest BCUT2D eigenvalue weighted by atomic mass is 9.99. The fourth-order valence-corrected chi connectivity index (χ4v) is 4.36. The molecule has 2 aromatic rings. The maximum Gasteiger partial charge on any atom is 0.317 e. The summed E-state index contributed by atoms with van der Waals surface area (Å²) in [4.78, 5) is 16.5. The maximum absolute atomic E-state index is 12.6. The summed E-state index contributed by atoms with van der Waals surface area (Å²) < 4.78 is 0. The number of carbonyl (C=O) groups excluding carboxylic acids is 1. The van der Waals surface area contributed by atoms with Gasteiger partial charge in [0.2, 0.25) is 0 Å². The van der Waals surface area contributed by atoms with Crippen LogP contribution in [0.15, 0.2) is 72.7 Å². The van der Waals surface area contributed by atoms with Gasteiger partial charge in [-0.15, -0.1) is 0 Å². The zero-order chi connectivity index (χ0) is 19.1. The molecule has 2 amide bonds. The van der Waals surface area contributed by atoms with Gasteiger partial charge in [-0.25, -0.2) is 4.79 Å². The third-order valence-corrected chi connectivity index (χ3v) is 5.85. The van der Waals surface area contributed by atoms with Crippen molar-refractivity contribution in [2.75, 3.05) is 19.6 Å².